The van der Waals surface area contributed by atoms with Crippen molar-refractivity contribution in [3.63, 3.8) is 0 Å². The molecule has 4 aromatic heterocycles. The number of likely N-dealkylation sites (tertiary alicyclic amines) is 1. The highest BCUT2D eigenvalue weighted by atomic mass is 32.1. The van der Waals surface area contributed by atoms with Crippen molar-refractivity contribution in [1.82, 2.24) is 40.0 Å². The van der Waals surface area contributed by atoms with Gasteiger partial charge in [-0.05, 0) is 89.7 Å². The Morgan fingerprint density at radius 3 is 2.51 bits per heavy atom. The lowest BCUT2D eigenvalue weighted by molar-refractivity contribution is -0.143. The molecular weight excluding hydrogens is 1040 g/mol. The first kappa shape index (κ1) is 50.9. The normalized spacial score (nSPS) is 19.5. The van der Waals surface area contributed by atoms with Crippen molar-refractivity contribution >= 4 is 69.3 Å². The van der Waals surface area contributed by atoms with E-state index in [1.807, 2.05) is 81.4 Å². The van der Waals surface area contributed by atoms with E-state index in [0.717, 1.165) is 55.9 Å². The lowest BCUT2D eigenvalue weighted by atomic mass is 9.62. The zero-order valence-corrected chi connectivity index (χ0v) is 44.2. The first-order valence-corrected chi connectivity index (χ1v) is 27.3. The van der Waals surface area contributed by atoms with Crippen molar-refractivity contribution in [2.75, 3.05) is 6.54 Å². The van der Waals surface area contributed by atoms with Gasteiger partial charge in [0.05, 0.1) is 50.1 Å². The number of benzene rings is 5. The number of ether oxygens (including phenoxy) is 2. The van der Waals surface area contributed by atoms with Crippen LogP contribution in [-0.2, 0) is 28.9 Å². The SMILES string of the molecule is Cc1ncsc1-c1ccc(CNC(=O)C2C[C@@H](O)CN2C(=O)[C@H](C(C)C)N2Cc3ccccc3C2=O)c(Bc2ccc(-c3cc4c(Oc5ccc6c(c5)[C@@H]5[C@H](O6)[C@H]5c5nc6cc(C(F)(F)F)ccc6[nH]5)ccnc4[nH]c3=O)cc2)c1. The summed E-state index contributed by atoms with van der Waals surface area (Å²) >= 11 is 1.54. The number of aromatic amines is 2. The molecule has 2 fully saturated rings. The number of fused-ring (bicyclic) bond motifs is 6. The number of hydrogen-bond donors (Lipinski definition) is 4. The highest BCUT2D eigenvalue weighted by Gasteiger charge is 2.61. The molecule has 6 atom stereocenters. The molecule has 80 heavy (non-hydrogen) atoms. The maximum atomic E-state index is 14.4. The van der Waals surface area contributed by atoms with Gasteiger partial charge in [-0.25, -0.2) is 15.0 Å². The van der Waals surface area contributed by atoms with E-state index in [2.05, 4.69) is 36.3 Å². The number of aromatic nitrogens is 5. The summed E-state index contributed by atoms with van der Waals surface area (Å²) in [6, 6.07) is 31.8. The molecule has 9 aromatic rings. The Bertz CT molecular complexity index is 4050. The minimum Gasteiger partial charge on any atom is -0.489 e. The zero-order chi connectivity index (χ0) is 55.3. The number of hydrogen-bond acceptors (Lipinski definition) is 11. The van der Waals surface area contributed by atoms with Gasteiger partial charge in [0.15, 0.2) is 7.28 Å². The molecular formula is C60H50BF3N8O7S. The van der Waals surface area contributed by atoms with E-state index < -0.39 is 35.8 Å². The number of alkyl halides is 3. The third-order valence-corrected chi connectivity index (χ3v) is 16.9. The number of imidazole rings is 1. The number of halogens is 3. The molecule has 0 radical (unpaired) electrons. The summed E-state index contributed by atoms with van der Waals surface area (Å²) in [6.07, 6.45) is -4.00. The Labute approximate surface area is 460 Å². The molecule has 7 heterocycles. The Balaban J connectivity index is 0.721. The number of carbonyl (C=O) groups excluding carboxylic acids is 3. The summed E-state index contributed by atoms with van der Waals surface area (Å²) in [5, 5.41) is 14.5. The minimum atomic E-state index is -4.48. The smallest absolute Gasteiger partial charge is 0.416 e. The van der Waals surface area contributed by atoms with Crippen LogP contribution in [-0.4, -0.2) is 95.7 Å². The molecule has 5 aromatic carbocycles. The average molecular weight is 1090 g/mol. The number of pyridine rings is 2. The number of β-amino-alcohol motifs (C(OH)–C–C–N with tert-alkyl or cyclic N) is 1. The molecule has 1 saturated carbocycles. The molecule has 20 heteroatoms. The van der Waals surface area contributed by atoms with Crippen LogP contribution in [0.4, 0.5) is 13.2 Å². The molecule has 1 unspecified atom stereocenters. The van der Waals surface area contributed by atoms with Gasteiger partial charge in [0.25, 0.3) is 11.5 Å². The molecule has 402 valence electrons. The van der Waals surface area contributed by atoms with Gasteiger partial charge in [0, 0.05) is 54.9 Å². The number of aryl methyl sites for hydroxylation is 1. The quantitative estimate of drug-likeness (QED) is 0.0822. The lowest BCUT2D eigenvalue weighted by Gasteiger charge is -2.35. The molecule has 0 bridgehead atoms. The van der Waals surface area contributed by atoms with Crippen LogP contribution in [0.1, 0.15) is 76.2 Å². The topological polar surface area (TPSA) is 196 Å². The summed E-state index contributed by atoms with van der Waals surface area (Å²) in [7, 11) is 0.470. The predicted octanol–water partition coefficient (Wildman–Crippen LogP) is 8.00. The standard InChI is InChI=1S/C60H50BF3N8O7S/c1-29(2)51(72-26-34-6-4-5-7-39(34)58(72)76)59(77)71-27-37(73)22-46(71)57(75)66-25-33-9-8-32(53-30(3)67-28-80-53)20-43(33)61-36-13-10-31(11-14-36)40-24-42-48(18-19-65-54(42)70-56(40)74)78-38-15-17-47-41(23-38)49-50(52(49)79-47)55-68-44-16-12-35(60(62,63)64)21-45(44)69-55/h4-21,23-24,28-29,37,46,49-52,61,73H,22,25-27H2,1-3H3,(H,66,75)(H,68,69)(H,65,70,74)/t37-,46?,49+,50+,51+,52+/m1/s1. The number of amides is 3. The summed E-state index contributed by atoms with van der Waals surface area (Å²) in [6.45, 7) is 6.12. The van der Waals surface area contributed by atoms with Gasteiger partial charge >= 0.3 is 6.18 Å². The number of rotatable bonds is 13. The molecule has 3 aliphatic heterocycles. The number of H-pyrrole nitrogens is 2. The highest BCUT2D eigenvalue weighted by Crippen LogP contribution is 2.63. The van der Waals surface area contributed by atoms with Crippen LogP contribution in [0.25, 0.3) is 43.6 Å². The van der Waals surface area contributed by atoms with E-state index in [9.17, 15) is 37.5 Å². The van der Waals surface area contributed by atoms with E-state index in [1.54, 1.807) is 46.9 Å². The van der Waals surface area contributed by atoms with Crippen LogP contribution in [0, 0.1) is 12.8 Å². The van der Waals surface area contributed by atoms with Crippen molar-refractivity contribution < 1.29 is 42.1 Å². The van der Waals surface area contributed by atoms with Crippen LogP contribution >= 0.6 is 11.3 Å². The summed E-state index contributed by atoms with van der Waals surface area (Å²) in [5.74, 6) is 0.720. The summed E-state index contributed by atoms with van der Waals surface area (Å²) in [5.41, 5.74) is 9.74. The molecule has 13 rings (SSSR count). The van der Waals surface area contributed by atoms with Crippen molar-refractivity contribution in [3.05, 3.63) is 177 Å². The monoisotopic (exact) mass is 1090 g/mol. The Morgan fingerprint density at radius 1 is 0.925 bits per heavy atom. The van der Waals surface area contributed by atoms with Gasteiger partial charge in [-0.15, -0.1) is 11.3 Å². The first-order chi connectivity index (χ1) is 38.5. The van der Waals surface area contributed by atoms with E-state index in [4.69, 9.17) is 9.47 Å². The lowest BCUT2D eigenvalue weighted by Crippen LogP contribution is -2.55. The van der Waals surface area contributed by atoms with E-state index >= 15 is 0 Å². The van der Waals surface area contributed by atoms with Crippen LogP contribution < -0.4 is 31.3 Å². The van der Waals surface area contributed by atoms with E-state index in [-0.39, 0.29) is 72.8 Å². The molecule has 4 N–H and O–H groups in total. The average Bonchev–Trinajstić information content (AvgIpc) is 4.16. The number of aliphatic hydroxyl groups excluding tert-OH is 1. The molecule has 4 aliphatic rings. The van der Waals surface area contributed by atoms with Crippen LogP contribution in [0.15, 0.2) is 132 Å². The van der Waals surface area contributed by atoms with Crippen molar-refractivity contribution in [3.8, 4) is 38.8 Å². The van der Waals surface area contributed by atoms with Crippen LogP contribution in [0.5, 0.6) is 17.2 Å². The minimum absolute atomic E-state index is 0.0259. The maximum Gasteiger partial charge on any atom is 0.416 e. The van der Waals surface area contributed by atoms with Gasteiger partial charge in [-0.1, -0.05) is 85.4 Å². The number of aliphatic hydroxyl groups is 1. The molecule has 15 nitrogen and oxygen atoms in total. The van der Waals surface area contributed by atoms with Crippen molar-refractivity contribution in [2.45, 2.75) is 82.6 Å². The third kappa shape index (κ3) is 9.14. The van der Waals surface area contributed by atoms with Gasteiger partial charge in [0.1, 0.15) is 46.9 Å². The molecule has 3 amide bonds. The van der Waals surface area contributed by atoms with Gasteiger partial charge in [0.2, 0.25) is 11.8 Å². The van der Waals surface area contributed by atoms with Crippen LogP contribution in [0.3, 0.4) is 0 Å². The Hall–Kier alpha value is -8.62. The Kier molecular flexibility index (Phi) is 12.5. The second-order valence-corrected chi connectivity index (χ2v) is 22.2. The van der Waals surface area contributed by atoms with Crippen molar-refractivity contribution in [1.29, 1.82) is 0 Å². The summed E-state index contributed by atoms with van der Waals surface area (Å²) < 4.78 is 53.0. The van der Waals surface area contributed by atoms with Gasteiger partial charge < -0.3 is 39.7 Å². The molecule has 1 aliphatic carbocycles. The summed E-state index contributed by atoms with van der Waals surface area (Å²) in [4.78, 5) is 79.5. The van der Waals surface area contributed by atoms with Crippen LogP contribution in [0.2, 0.25) is 0 Å². The fourth-order valence-corrected chi connectivity index (χ4v) is 12.7. The first-order valence-electron chi connectivity index (χ1n) is 26.4. The number of carbonyl (C=O) groups is 3. The second-order valence-electron chi connectivity index (χ2n) is 21.4. The maximum absolute atomic E-state index is 14.4. The van der Waals surface area contributed by atoms with Gasteiger partial charge in [-0.2, -0.15) is 13.2 Å². The fourth-order valence-electron chi connectivity index (χ4n) is 11.9. The largest absolute Gasteiger partial charge is 0.489 e. The number of thiazole rings is 1. The molecule has 0 spiro atoms. The van der Waals surface area contributed by atoms with Gasteiger partial charge in [-0.3, -0.25) is 19.2 Å². The third-order valence-electron chi connectivity index (χ3n) is 15.9. The van der Waals surface area contributed by atoms with E-state index in [0.29, 0.717) is 63.6 Å². The molecule has 1 saturated heterocycles. The number of nitrogens with one attached hydrogen (secondary N) is 3. The number of nitrogens with zero attached hydrogens (tertiary/aromatic N) is 5. The second kappa shape index (κ2) is 19.6. The highest BCUT2D eigenvalue weighted by molar-refractivity contribution is 7.13. The van der Waals surface area contributed by atoms with E-state index in [1.165, 1.54) is 22.3 Å². The Morgan fingerprint density at radius 2 is 1.74 bits per heavy atom. The zero-order valence-electron chi connectivity index (χ0n) is 43.4. The fraction of sp³-hybridized carbons (Fsp3) is 0.250. The predicted molar refractivity (Wildman–Crippen MR) is 297 cm³/mol. The van der Waals surface area contributed by atoms with Crippen molar-refractivity contribution in [2.24, 2.45) is 5.92 Å².